The van der Waals surface area contributed by atoms with E-state index in [4.69, 9.17) is 4.42 Å². The van der Waals surface area contributed by atoms with Crippen LogP contribution in [0.15, 0.2) is 47.1 Å². The van der Waals surface area contributed by atoms with Crippen LogP contribution in [0.5, 0.6) is 0 Å². The van der Waals surface area contributed by atoms with Crippen molar-refractivity contribution >= 4 is 29.3 Å². The minimum atomic E-state index is -0.134. The van der Waals surface area contributed by atoms with Crippen molar-refractivity contribution in [3.8, 4) is 0 Å². The van der Waals surface area contributed by atoms with E-state index in [0.717, 1.165) is 17.3 Å². The normalized spacial score (nSPS) is 10.2. The van der Waals surface area contributed by atoms with Gasteiger partial charge in [0.2, 0.25) is 5.91 Å². The smallest absolute Gasteiger partial charge is 0.251 e. The third-order valence-electron chi connectivity index (χ3n) is 2.82. The summed E-state index contributed by atoms with van der Waals surface area (Å²) in [4.78, 5) is 22.9. The van der Waals surface area contributed by atoms with E-state index < -0.39 is 0 Å². The number of nitrogens with one attached hydrogen (secondary N) is 2. The van der Waals surface area contributed by atoms with Crippen LogP contribution >= 0.6 is 11.8 Å². The van der Waals surface area contributed by atoms with Crippen molar-refractivity contribution in [2.45, 2.75) is 12.7 Å². The third-order valence-corrected chi connectivity index (χ3v) is 3.81. The molecule has 5 nitrogen and oxygen atoms in total. The third kappa shape index (κ3) is 5.29. The Morgan fingerprint density at radius 1 is 1.18 bits per heavy atom. The molecule has 116 valence electrons. The molecule has 1 aromatic heterocycles. The highest BCUT2D eigenvalue weighted by atomic mass is 32.2. The maximum absolute atomic E-state index is 11.9. The predicted octanol–water partition coefficient (Wildman–Crippen LogP) is 2.90. The summed E-state index contributed by atoms with van der Waals surface area (Å²) in [5.41, 5.74) is 1.25. The summed E-state index contributed by atoms with van der Waals surface area (Å²) >= 11 is 1.70. The van der Waals surface area contributed by atoms with Crippen molar-refractivity contribution in [1.82, 2.24) is 5.32 Å². The Kier molecular flexibility index (Phi) is 6.09. The number of thioether (sulfide) groups is 1. The average molecular weight is 318 g/mol. The van der Waals surface area contributed by atoms with Crippen molar-refractivity contribution < 1.29 is 14.0 Å². The summed E-state index contributed by atoms with van der Waals surface area (Å²) in [6.45, 7) is 2.04. The summed E-state index contributed by atoms with van der Waals surface area (Å²) in [7, 11) is 0. The van der Waals surface area contributed by atoms with Gasteiger partial charge in [0.25, 0.3) is 5.91 Å². The largest absolute Gasteiger partial charge is 0.468 e. The highest BCUT2D eigenvalue weighted by Gasteiger charge is 2.05. The van der Waals surface area contributed by atoms with E-state index in [0.29, 0.717) is 17.8 Å². The minimum Gasteiger partial charge on any atom is -0.468 e. The van der Waals surface area contributed by atoms with E-state index in [-0.39, 0.29) is 11.8 Å². The maximum atomic E-state index is 11.9. The lowest BCUT2D eigenvalue weighted by molar-refractivity contribution is -0.114. The van der Waals surface area contributed by atoms with Gasteiger partial charge in [0.1, 0.15) is 5.76 Å². The number of rotatable bonds is 7. The maximum Gasteiger partial charge on any atom is 0.251 e. The fourth-order valence-electron chi connectivity index (χ4n) is 1.81. The molecule has 0 atom stereocenters. The quantitative estimate of drug-likeness (QED) is 0.770. The van der Waals surface area contributed by atoms with Crippen LogP contribution in [0.4, 0.5) is 5.69 Å². The van der Waals surface area contributed by atoms with Gasteiger partial charge in [-0.05, 0) is 36.4 Å². The topological polar surface area (TPSA) is 71.3 Å². The number of furan rings is 1. The van der Waals surface area contributed by atoms with E-state index in [1.165, 1.54) is 6.92 Å². The molecule has 2 N–H and O–H groups in total. The van der Waals surface area contributed by atoms with Crippen molar-refractivity contribution in [2.75, 3.05) is 17.6 Å². The molecule has 0 fully saturated rings. The lowest BCUT2D eigenvalue weighted by Gasteiger charge is -2.06. The summed E-state index contributed by atoms with van der Waals surface area (Å²) in [5.74, 6) is 2.30. The second kappa shape index (κ2) is 8.29. The van der Waals surface area contributed by atoms with E-state index in [1.807, 2.05) is 12.1 Å². The van der Waals surface area contributed by atoms with Crippen LogP contribution in [-0.2, 0) is 10.5 Å². The van der Waals surface area contributed by atoms with Gasteiger partial charge < -0.3 is 15.1 Å². The zero-order chi connectivity index (χ0) is 15.8. The number of anilines is 1. The van der Waals surface area contributed by atoms with Gasteiger partial charge in [-0.3, -0.25) is 9.59 Å². The number of carbonyl (C=O) groups excluding carboxylic acids is 2. The first kappa shape index (κ1) is 16.2. The molecule has 0 saturated heterocycles. The first-order valence-corrected chi connectivity index (χ1v) is 8.06. The lowest BCUT2D eigenvalue weighted by Crippen LogP contribution is -2.25. The van der Waals surface area contributed by atoms with Gasteiger partial charge in [-0.2, -0.15) is 11.8 Å². The number of benzene rings is 1. The molecule has 0 saturated carbocycles. The van der Waals surface area contributed by atoms with Crippen LogP contribution in [0.3, 0.4) is 0 Å². The molecular formula is C16H18N2O3S. The SMILES string of the molecule is CC(=O)Nc1ccc(C(=O)NCCSCc2ccco2)cc1. The van der Waals surface area contributed by atoms with Gasteiger partial charge in [0, 0.05) is 30.5 Å². The predicted molar refractivity (Wildman–Crippen MR) is 87.9 cm³/mol. The molecule has 0 aliphatic heterocycles. The van der Waals surface area contributed by atoms with E-state index in [2.05, 4.69) is 10.6 Å². The highest BCUT2D eigenvalue weighted by Crippen LogP contribution is 2.12. The highest BCUT2D eigenvalue weighted by molar-refractivity contribution is 7.98. The molecule has 1 aromatic carbocycles. The Hall–Kier alpha value is -2.21. The number of amides is 2. The molecule has 2 rings (SSSR count). The number of carbonyl (C=O) groups is 2. The molecule has 0 unspecified atom stereocenters. The lowest BCUT2D eigenvalue weighted by atomic mass is 10.2. The standard InChI is InChI=1S/C16H18N2O3S/c1-12(19)18-14-6-4-13(5-7-14)16(20)17-8-10-22-11-15-3-2-9-21-15/h2-7,9H,8,10-11H2,1H3,(H,17,20)(H,18,19). The van der Waals surface area contributed by atoms with Crippen LogP contribution in [0, 0.1) is 0 Å². The van der Waals surface area contributed by atoms with E-state index in [9.17, 15) is 9.59 Å². The second-order valence-electron chi connectivity index (χ2n) is 4.65. The van der Waals surface area contributed by atoms with Crippen LogP contribution < -0.4 is 10.6 Å². The van der Waals surface area contributed by atoms with Crippen LogP contribution in [0.25, 0.3) is 0 Å². The van der Waals surface area contributed by atoms with Gasteiger partial charge in [0.15, 0.2) is 0 Å². The first-order chi connectivity index (χ1) is 10.6. The number of hydrogen-bond donors (Lipinski definition) is 2. The van der Waals surface area contributed by atoms with Crippen molar-refractivity contribution in [3.63, 3.8) is 0 Å². The van der Waals surface area contributed by atoms with Gasteiger partial charge in [-0.15, -0.1) is 0 Å². The molecule has 0 bridgehead atoms. The molecule has 22 heavy (non-hydrogen) atoms. The monoisotopic (exact) mass is 318 g/mol. The Labute approximate surface area is 133 Å². The first-order valence-electron chi connectivity index (χ1n) is 6.91. The Balaban J connectivity index is 1.69. The Bertz CT molecular complexity index is 609. The average Bonchev–Trinajstić information content (AvgIpc) is 3.00. The molecule has 0 spiro atoms. The summed E-state index contributed by atoms with van der Waals surface area (Å²) in [6.07, 6.45) is 1.66. The summed E-state index contributed by atoms with van der Waals surface area (Å²) < 4.78 is 5.23. The van der Waals surface area contributed by atoms with Crippen molar-refractivity contribution in [3.05, 3.63) is 54.0 Å². The molecule has 0 radical (unpaired) electrons. The Morgan fingerprint density at radius 2 is 1.95 bits per heavy atom. The van der Waals surface area contributed by atoms with Gasteiger partial charge in [0.05, 0.1) is 12.0 Å². The molecule has 0 aliphatic rings. The molecule has 0 aliphatic carbocycles. The molecule has 2 aromatic rings. The van der Waals surface area contributed by atoms with Gasteiger partial charge in [-0.1, -0.05) is 0 Å². The van der Waals surface area contributed by atoms with Crippen LogP contribution in [0.2, 0.25) is 0 Å². The van der Waals surface area contributed by atoms with E-state index in [1.54, 1.807) is 42.3 Å². The van der Waals surface area contributed by atoms with Gasteiger partial charge in [-0.25, -0.2) is 0 Å². The fraction of sp³-hybridized carbons (Fsp3) is 0.250. The number of hydrogen-bond acceptors (Lipinski definition) is 4. The van der Waals surface area contributed by atoms with Crippen LogP contribution in [0.1, 0.15) is 23.0 Å². The second-order valence-corrected chi connectivity index (χ2v) is 5.75. The minimum absolute atomic E-state index is 0.118. The van der Waals surface area contributed by atoms with Gasteiger partial charge >= 0.3 is 0 Å². The van der Waals surface area contributed by atoms with Crippen molar-refractivity contribution in [2.24, 2.45) is 0 Å². The zero-order valence-electron chi connectivity index (χ0n) is 12.3. The molecule has 1 heterocycles. The molecule has 2 amide bonds. The van der Waals surface area contributed by atoms with Crippen LogP contribution in [-0.4, -0.2) is 24.1 Å². The van der Waals surface area contributed by atoms with Crippen molar-refractivity contribution in [1.29, 1.82) is 0 Å². The Morgan fingerprint density at radius 3 is 2.59 bits per heavy atom. The summed E-state index contributed by atoms with van der Waals surface area (Å²) in [5, 5.41) is 5.52. The molecule has 6 heteroatoms. The molecular weight excluding hydrogens is 300 g/mol. The summed E-state index contributed by atoms with van der Waals surface area (Å²) in [6, 6.07) is 10.6. The fourth-order valence-corrected chi connectivity index (χ4v) is 2.57. The van der Waals surface area contributed by atoms with E-state index >= 15 is 0 Å². The zero-order valence-corrected chi connectivity index (χ0v) is 13.1.